The number of nitrogens with one attached hydrogen (secondary N) is 2. The van der Waals surface area contributed by atoms with Gasteiger partial charge in [0.1, 0.15) is 0 Å². The molecule has 0 amide bonds. The van der Waals surface area contributed by atoms with Crippen LogP contribution in [0.15, 0.2) is 42.6 Å². The van der Waals surface area contributed by atoms with Gasteiger partial charge in [-0.3, -0.25) is 0 Å². The molecule has 1 heterocycles. The Hall–Kier alpha value is -1.54. The van der Waals surface area contributed by atoms with Crippen LogP contribution in [-0.2, 0) is 6.54 Å². The molecule has 2 aromatic rings. The van der Waals surface area contributed by atoms with Gasteiger partial charge in [0.2, 0.25) is 0 Å². The number of benzene rings is 1. The third-order valence-electron chi connectivity index (χ3n) is 2.37. The summed E-state index contributed by atoms with van der Waals surface area (Å²) in [7, 11) is 0. The Bertz CT molecular complexity index is 468. The van der Waals surface area contributed by atoms with Gasteiger partial charge >= 0.3 is 0 Å². The monoisotopic (exact) mass is 200 g/mol. The Balaban J connectivity index is 2.04. The van der Waals surface area contributed by atoms with Gasteiger partial charge in [-0.05, 0) is 36.1 Å². The van der Waals surface area contributed by atoms with Crippen molar-refractivity contribution >= 4 is 10.9 Å². The first-order chi connectivity index (χ1) is 7.25. The molecule has 0 aliphatic rings. The Kier molecular flexibility index (Phi) is 2.88. The minimum absolute atomic E-state index is 0.880. The standard InChI is InChI=1S/C13H16N2/c1-10(2)8-14-9-11-3-4-13-12(7-11)5-6-15-13/h3-7,14-15H,1,8-9H2,2H3. The van der Waals surface area contributed by atoms with Crippen molar-refractivity contribution < 1.29 is 0 Å². The summed E-state index contributed by atoms with van der Waals surface area (Å²) in [5.74, 6) is 0. The van der Waals surface area contributed by atoms with Crippen LogP contribution in [0.1, 0.15) is 12.5 Å². The van der Waals surface area contributed by atoms with E-state index in [2.05, 4.69) is 41.1 Å². The lowest BCUT2D eigenvalue weighted by Crippen LogP contribution is -2.14. The third-order valence-corrected chi connectivity index (χ3v) is 2.37. The van der Waals surface area contributed by atoms with Gasteiger partial charge in [-0.1, -0.05) is 18.2 Å². The van der Waals surface area contributed by atoms with E-state index in [1.165, 1.54) is 16.5 Å². The van der Waals surface area contributed by atoms with Crippen LogP contribution < -0.4 is 5.32 Å². The molecule has 0 saturated carbocycles. The van der Waals surface area contributed by atoms with Gasteiger partial charge in [-0.15, -0.1) is 0 Å². The van der Waals surface area contributed by atoms with Gasteiger partial charge in [-0.2, -0.15) is 0 Å². The third kappa shape index (κ3) is 2.48. The van der Waals surface area contributed by atoms with Crippen molar-refractivity contribution in [1.82, 2.24) is 10.3 Å². The highest BCUT2D eigenvalue weighted by Gasteiger charge is 1.96. The minimum Gasteiger partial charge on any atom is -0.361 e. The second kappa shape index (κ2) is 4.32. The molecule has 0 spiro atoms. The molecular formula is C13H16N2. The molecule has 0 aliphatic carbocycles. The first-order valence-corrected chi connectivity index (χ1v) is 5.17. The zero-order valence-corrected chi connectivity index (χ0v) is 9.01. The average Bonchev–Trinajstić information content (AvgIpc) is 2.64. The molecule has 0 radical (unpaired) electrons. The predicted octanol–water partition coefficient (Wildman–Crippen LogP) is 2.83. The summed E-state index contributed by atoms with van der Waals surface area (Å²) in [6, 6.07) is 8.56. The van der Waals surface area contributed by atoms with Crippen LogP contribution in [-0.4, -0.2) is 11.5 Å². The zero-order chi connectivity index (χ0) is 10.7. The number of hydrogen-bond donors (Lipinski definition) is 2. The topological polar surface area (TPSA) is 27.8 Å². The maximum Gasteiger partial charge on any atom is 0.0454 e. The molecule has 2 nitrogen and oxygen atoms in total. The largest absolute Gasteiger partial charge is 0.361 e. The Morgan fingerprint density at radius 1 is 1.40 bits per heavy atom. The summed E-state index contributed by atoms with van der Waals surface area (Å²) >= 11 is 0. The maximum absolute atomic E-state index is 3.86. The molecule has 1 aromatic carbocycles. The molecule has 0 fully saturated rings. The van der Waals surface area contributed by atoms with Gasteiger partial charge < -0.3 is 10.3 Å². The minimum atomic E-state index is 0.880. The second-order valence-corrected chi connectivity index (χ2v) is 3.96. The van der Waals surface area contributed by atoms with Gasteiger partial charge in [0, 0.05) is 24.8 Å². The van der Waals surface area contributed by atoms with Gasteiger partial charge in [0.15, 0.2) is 0 Å². The van der Waals surface area contributed by atoms with Crippen molar-refractivity contribution in [3.63, 3.8) is 0 Å². The number of aromatic amines is 1. The summed E-state index contributed by atoms with van der Waals surface area (Å²) < 4.78 is 0. The Morgan fingerprint density at radius 3 is 3.07 bits per heavy atom. The molecule has 2 heteroatoms. The molecular weight excluding hydrogens is 184 g/mol. The number of rotatable bonds is 4. The molecule has 0 bridgehead atoms. The fourth-order valence-corrected chi connectivity index (χ4v) is 1.63. The molecule has 0 aliphatic heterocycles. The molecule has 15 heavy (non-hydrogen) atoms. The quantitative estimate of drug-likeness (QED) is 0.730. The lowest BCUT2D eigenvalue weighted by Gasteiger charge is -2.04. The van der Waals surface area contributed by atoms with Crippen molar-refractivity contribution in [2.24, 2.45) is 0 Å². The Labute approximate surface area is 90.0 Å². The molecule has 2 N–H and O–H groups in total. The highest BCUT2D eigenvalue weighted by atomic mass is 14.8. The first-order valence-electron chi connectivity index (χ1n) is 5.17. The van der Waals surface area contributed by atoms with E-state index in [0.29, 0.717) is 0 Å². The second-order valence-electron chi connectivity index (χ2n) is 3.96. The van der Waals surface area contributed by atoms with Crippen molar-refractivity contribution in [2.75, 3.05) is 6.54 Å². The van der Waals surface area contributed by atoms with Crippen LogP contribution in [0.2, 0.25) is 0 Å². The van der Waals surface area contributed by atoms with E-state index >= 15 is 0 Å². The van der Waals surface area contributed by atoms with Gasteiger partial charge in [-0.25, -0.2) is 0 Å². The van der Waals surface area contributed by atoms with Crippen molar-refractivity contribution in [1.29, 1.82) is 0 Å². The summed E-state index contributed by atoms with van der Waals surface area (Å²) in [4.78, 5) is 3.19. The van der Waals surface area contributed by atoms with E-state index in [1.807, 2.05) is 13.1 Å². The Morgan fingerprint density at radius 2 is 2.27 bits per heavy atom. The number of fused-ring (bicyclic) bond motifs is 1. The van der Waals surface area contributed by atoms with E-state index in [4.69, 9.17) is 0 Å². The first kappa shape index (κ1) is 9.99. The SMILES string of the molecule is C=C(C)CNCc1ccc2[nH]ccc2c1. The molecule has 0 saturated heterocycles. The predicted molar refractivity (Wildman–Crippen MR) is 64.8 cm³/mol. The lowest BCUT2D eigenvalue weighted by molar-refractivity contribution is 0.742. The molecule has 2 rings (SSSR count). The van der Waals surface area contributed by atoms with Crippen LogP contribution in [0.4, 0.5) is 0 Å². The average molecular weight is 200 g/mol. The molecule has 0 unspecified atom stereocenters. The van der Waals surface area contributed by atoms with Crippen molar-refractivity contribution in [3.8, 4) is 0 Å². The summed E-state index contributed by atoms with van der Waals surface area (Å²) in [5.41, 5.74) is 3.67. The fourth-order valence-electron chi connectivity index (χ4n) is 1.63. The van der Waals surface area contributed by atoms with E-state index < -0.39 is 0 Å². The number of aromatic nitrogens is 1. The summed E-state index contributed by atoms with van der Waals surface area (Å²) in [6.07, 6.45) is 1.97. The van der Waals surface area contributed by atoms with E-state index in [9.17, 15) is 0 Å². The van der Waals surface area contributed by atoms with Crippen molar-refractivity contribution in [3.05, 3.63) is 48.2 Å². The van der Waals surface area contributed by atoms with Crippen LogP contribution in [0.5, 0.6) is 0 Å². The zero-order valence-electron chi connectivity index (χ0n) is 9.01. The summed E-state index contributed by atoms with van der Waals surface area (Å²) in [6.45, 7) is 7.67. The van der Waals surface area contributed by atoms with Crippen LogP contribution >= 0.6 is 0 Å². The molecule has 0 atom stereocenters. The fraction of sp³-hybridized carbons (Fsp3) is 0.231. The van der Waals surface area contributed by atoms with Gasteiger partial charge in [0.25, 0.3) is 0 Å². The lowest BCUT2D eigenvalue weighted by atomic mass is 10.1. The van der Waals surface area contributed by atoms with E-state index in [1.54, 1.807) is 0 Å². The van der Waals surface area contributed by atoms with Crippen LogP contribution in [0.3, 0.4) is 0 Å². The smallest absolute Gasteiger partial charge is 0.0454 e. The van der Waals surface area contributed by atoms with E-state index in [0.717, 1.165) is 18.7 Å². The van der Waals surface area contributed by atoms with Crippen LogP contribution in [0.25, 0.3) is 10.9 Å². The normalized spacial score (nSPS) is 10.7. The highest BCUT2D eigenvalue weighted by Crippen LogP contribution is 2.13. The van der Waals surface area contributed by atoms with Crippen LogP contribution in [0, 0.1) is 0 Å². The van der Waals surface area contributed by atoms with Crippen molar-refractivity contribution in [2.45, 2.75) is 13.5 Å². The molecule has 78 valence electrons. The maximum atomic E-state index is 3.86. The molecule has 1 aromatic heterocycles. The number of H-pyrrole nitrogens is 1. The van der Waals surface area contributed by atoms with Gasteiger partial charge in [0.05, 0.1) is 0 Å². The highest BCUT2D eigenvalue weighted by molar-refractivity contribution is 5.79. The number of hydrogen-bond acceptors (Lipinski definition) is 1. The summed E-state index contributed by atoms with van der Waals surface area (Å²) in [5, 5.41) is 4.62. The van der Waals surface area contributed by atoms with E-state index in [-0.39, 0.29) is 0 Å².